The zero-order valence-corrected chi connectivity index (χ0v) is 15.8. The topological polar surface area (TPSA) is 68.2 Å². The van der Waals surface area contributed by atoms with Crippen molar-refractivity contribution in [1.82, 2.24) is 5.23 Å². The van der Waals surface area contributed by atoms with Crippen LogP contribution in [0.15, 0.2) is 27.8 Å². The first kappa shape index (κ1) is 19.1. The molecule has 0 spiro atoms. The number of benzene rings is 1. The van der Waals surface area contributed by atoms with E-state index < -0.39 is 5.97 Å². The zero-order chi connectivity index (χ0) is 17.4. The molecule has 24 heavy (non-hydrogen) atoms. The Hall–Kier alpha value is -1.22. The number of hydrogen-bond acceptors (Lipinski definition) is 6. The van der Waals surface area contributed by atoms with Crippen LogP contribution in [0.4, 0.5) is 0 Å². The molecule has 1 aliphatic heterocycles. The molecule has 1 aromatic rings. The molecule has 0 saturated carbocycles. The summed E-state index contributed by atoms with van der Waals surface area (Å²) in [6, 6.07) is 5.76. The summed E-state index contributed by atoms with van der Waals surface area (Å²) in [6.45, 7) is 0.634. The Bertz CT molecular complexity index is 596. The second kappa shape index (κ2) is 9.93. The van der Waals surface area contributed by atoms with Crippen molar-refractivity contribution in [2.75, 3.05) is 13.7 Å². The van der Waals surface area contributed by atoms with Crippen LogP contribution in [-0.4, -0.2) is 30.0 Å². The monoisotopic (exact) mass is 417 g/mol. The van der Waals surface area contributed by atoms with Gasteiger partial charge >= 0.3 is 5.97 Å². The molecule has 0 atom stereocenters. The maximum Gasteiger partial charge on any atom is 0.303 e. The van der Waals surface area contributed by atoms with E-state index in [-0.39, 0.29) is 6.42 Å². The van der Waals surface area contributed by atoms with Crippen LogP contribution in [0.2, 0.25) is 0 Å². The minimum Gasteiger partial charge on any atom is -0.496 e. The highest BCUT2D eigenvalue weighted by molar-refractivity contribution is 9.10. The molecule has 0 aromatic heterocycles. The molecule has 1 saturated heterocycles. The number of unbranched alkanes of at least 4 members (excludes halogenated alkanes) is 3. The molecule has 1 fully saturated rings. The van der Waals surface area contributed by atoms with Gasteiger partial charge in [-0.2, -0.15) is 4.28 Å². The lowest BCUT2D eigenvalue weighted by Crippen LogP contribution is -2.16. The first-order valence-electron chi connectivity index (χ1n) is 7.65. The minimum atomic E-state index is -0.740. The Morgan fingerprint density at radius 1 is 1.38 bits per heavy atom. The third-order valence-electron chi connectivity index (χ3n) is 3.34. The molecular weight excluding hydrogens is 398 g/mol. The Balaban J connectivity index is 1.75. The van der Waals surface area contributed by atoms with E-state index in [1.165, 1.54) is 5.23 Å². The lowest BCUT2D eigenvalue weighted by Gasteiger charge is -2.10. The minimum absolute atomic E-state index is 0.231. The number of ether oxygens (including phenoxy) is 1. The van der Waals surface area contributed by atoms with E-state index in [0.29, 0.717) is 18.1 Å². The van der Waals surface area contributed by atoms with Gasteiger partial charge in [0.15, 0.2) is 0 Å². The average Bonchev–Trinajstić information content (AvgIpc) is 2.99. The Morgan fingerprint density at radius 3 is 2.92 bits per heavy atom. The lowest BCUT2D eigenvalue weighted by atomic mass is 10.1. The highest BCUT2D eigenvalue weighted by Crippen LogP contribution is 2.34. The van der Waals surface area contributed by atoms with Crippen molar-refractivity contribution in [3.05, 3.63) is 33.3 Å². The van der Waals surface area contributed by atoms with Gasteiger partial charge in [-0.3, -0.25) is 4.79 Å². The fourth-order valence-electron chi connectivity index (χ4n) is 2.14. The number of carboxylic acids is 1. The number of aliphatic carboxylic acids is 1. The number of carboxylic acid groups (broad SMARTS) is 1. The summed E-state index contributed by atoms with van der Waals surface area (Å²) in [4.78, 5) is 16.0. The lowest BCUT2D eigenvalue weighted by molar-refractivity contribution is -0.259. The third-order valence-corrected chi connectivity index (χ3v) is 4.44. The van der Waals surface area contributed by atoms with Crippen LogP contribution in [0, 0.1) is 0 Å². The number of nitrogens with zero attached hydrogens (tertiary/aromatic N) is 1. The van der Waals surface area contributed by atoms with Gasteiger partial charge in [0.25, 0.3) is 0 Å². The van der Waals surface area contributed by atoms with Crippen molar-refractivity contribution < 1.29 is 23.8 Å². The average molecular weight is 418 g/mol. The number of rotatable bonds is 9. The van der Waals surface area contributed by atoms with Gasteiger partial charge in [0.05, 0.1) is 25.7 Å². The van der Waals surface area contributed by atoms with E-state index >= 15 is 0 Å². The van der Waals surface area contributed by atoms with Gasteiger partial charge in [0, 0.05) is 22.5 Å². The van der Waals surface area contributed by atoms with Crippen LogP contribution in [0.3, 0.4) is 0 Å². The van der Waals surface area contributed by atoms with Crippen molar-refractivity contribution in [3.8, 4) is 5.75 Å². The summed E-state index contributed by atoms with van der Waals surface area (Å²) < 4.78 is 11.7. The summed E-state index contributed by atoms with van der Waals surface area (Å²) >= 11 is 4.57. The first-order chi connectivity index (χ1) is 11.6. The predicted molar refractivity (Wildman–Crippen MR) is 95.9 cm³/mol. The smallest absolute Gasteiger partial charge is 0.303 e. The Labute approximate surface area is 154 Å². The van der Waals surface area contributed by atoms with E-state index in [0.717, 1.165) is 47.1 Å². The van der Waals surface area contributed by atoms with Crippen LogP contribution < -0.4 is 4.74 Å². The normalized spacial score (nSPS) is 16.3. The van der Waals surface area contributed by atoms with Crippen molar-refractivity contribution in [2.24, 2.45) is 0 Å². The molecule has 1 aliphatic rings. The van der Waals surface area contributed by atoms with E-state index in [9.17, 15) is 4.79 Å². The van der Waals surface area contributed by atoms with Gasteiger partial charge in [0.2, 0.25) is 5.09 Å². The SMILES string of the molecule is COc1cc(Br)ccc1/C=C1/ON(CCCCCCC(=O)O)OS1. The number of hydrogen-bond donors (Lipinski definition) is 1. The molecular formula is C16H20BrNO5S. The second-order valence-electron chi connectivity index (χ2n) is 5.21. The molecule has 1 N–H and O–H groups in total. The summed E-state index contributed by atoms with van der Waals surface area (Å²) in [5.41, 5.74) is 0.905. The molecule has 0 radical (unpaired) electrons. The Morgan fingerprint density at radius 2 is 2.17 bits per heavy atom. The van der Waals surface area contributed by atoms with Crippen LogP contribution in [0.25, 0.3) is 6.08 Å². The quantitative estimate of drug-likeness (QED) is 0.464. The number of halogens is 1. The second-order valence-corrected chi connectivity index (χ2v) is 6.85. The first-order valence-corrected chi connectivity index (χ1v) is 9.19. The maximum atomic E-state index is 10.4. The van der Waals surface area contributed by atoms with Crippen molar-refractivity contribution >= 4 is 40.0 Å². The van der Waals surface area contributed by atoms with E-state index in [1.54, 1.807) is 7.11 Å². The molecule has 132 valence electrons. The summed E-state index contributed by atoms with van der Waals surface area (Å²) in [5, 5.41) is 10.7. The molecule has 0 amide bonds. The number of methoxy groups -OCH3 is 1. The number of hydroxylamine groups is 2. The van der Waals surface area contributed by atoms with Crippen LogP contribution in [0.1, 0.15) is 37.7 Å². The van der Waals surface area contributed by atoms with Crippen LogP contribution in [-0.2, 0) is 13.9 Å². The largest absolute Gasteiger partial charge is 0.496 e. The van der Waals surface area contributed by atoms with E-state index in [2.05, 4.69) is 15.9 Å². The van der Waals surface area contributed by atoms with Crippen LogP contribution >= 0.6 is 28.0 Å². The van der Waals surface area contributed by atoms with Crippen molar-refractivity contribution in [3.63, 3.8) is 0 Å². The van der Waals surface area contributed by atoms with E-state index in [1.807, 2.05) is 24.3 Å². The highest BCUT2D eigenvalue weighted by atomic mass is 79.9. The molecule has 0 unspecified atom stereocenters. The fourth-order valence-corrected chi connectivity index (χ4v) is 3.03. The van der Waals surface area contributed by atoms with Gasteiger partial charge in [-0.1, -0.05) is 28.8 Å². The maximum absolute atomic E-state index is 10.4. The van der Waals surface area contributed by atoms with Crippen LogP contribution in [0.5, 0.6) is 5.75 Å². The Kier molecular flexibility index (Phi) is 7.90. The molecule has 8 heteroatoms. The van der Waals surface area contributed by atoms with Crippen molar-refractivity contribution in [1.29, 1.82) is 0 Å². The van der Waals surface area contributed by atoms with Gasteiger partial charge in [-0.15, -0.1) is 0 Å². The molecule has 0 aliphatic carbocycles. The zero-order valence-electron chi connectivity index (χ0n) is 13.4. The third kappa shape index (κ3) is 6.35. The van der Waals surface area contributed by atoms with E-state index in [4.69, 9.17) is 19.0 Å². The summed E-state index contributed by atoms with van der Waals surface area (Å²) in [7, 11) is 1.62. The fraction of sp³-hybridized carbons (Fsp3) is 0.438. The highest BCUT2D eigenvalue weighted by Gasteiger charge is 2.21. The standard InChI is InChI=1S/C16H20BrNO5S/c1-21-14-11-13(17)8-7-12(14)10-16-22-18(23-24-16)9-5-3-2-4-6-15(19)20/h7-8,10-11H,2-6,9H2,1H3,(H,19,20)/b16-10-. The predicted octanol–water partition coefficient (Wildman–Crippen LogP) is 4.62. The van der Waals surface area contributed by atoms with Gasteiger partial charge in [0.1, 0.15) is 5.75 Å². The molecule has 2 rings (SSSR count). The summed E-state index contributed by atoms with van der Waals surface area (Å²) in [5.74, 6) is 0.00807. The molecule has 1 heterocycles. The number of carbonyl (C=O) groups is 1. The molecule has 0 bridgehead atoms. The van der Waals surface area contributed by atoms with Gasteiger partial charge < -0.3 is 14.7 Å². The molecule has 1 aromatic carbocycles. The van der Waals surface area contributed by atoms with Gasteiger partial charge in [-0.25, -0.2) is 0 Å². The van der Waals surface area contributed by atoms with Gasteiger partial charge in [-0.05, 0) is 36.3 Å². The summed E-state index contributed by atoms with van der Waals surface area (Å²) in [6.07, 6.45) is 5.53. The molecule has 6 nitrogen and oxygen atoms in total. The van der Waals surface area contributed by atoms with Crippen molar-refractivity contribution in [2.45, 2.75) is 32.1 Å².